The van der Waals surface area contributed by atoms with Gasteiger partial charge in [0.15, 0.2) is 11.6 Å². The van der Waals surface area contributed by atoms with Gasteiger partial charge in [0.2, 0.25) is 0 Å². The molecule has 0 radical (unpaired) electrons. The van der Waals surface area contributed by atoms with E-state index in [-0.39, 0.29) is 0 Å². The number of hydrogen-bond donors (Lipinski definition) is 0. The smallest absolute Gasteiger partial charge is 0.164 e. The van der Waals surface area contributed by atoms with E-state index >= 15 is 0 Å². The van der Waals surface area contributed by atoms with Gasteiger partial charge in [0, 0.05) is 35.9 Å². The van der Waals surface area contributed by atoms with E-state index < -0.39 is 0 Å². The number of hydrogen-bond acceptors (Lipinski definition) is 5. The predicted molar refractivity (Wildman–Crippen MR) is 66.3 cm³/mol. The number of aromatic nitrogens is 5. The average Bonchev–Trinajstić information content (AvgIpc) is 2.49. The van der Waals surface area contributed by atoms with Crippen LogP contribution in [0.4, 0.5) is 0 Å². The van der Waals surface area contributed by atoms with Crippen molar-refractivity contribution >= 4 is 0 Å². The lowest BCUT2D eigenvalue weighted by Gasteiger charge is -2.02. The summed E-state index contributed by atoms with van der Waals surface area (Å²) in [7, 11) is 0. The van der Waals surface area contributed by atoms with E-state index in [1.165, 1.54) is 6.33 Å². The van der Waals surface area contributed by atoms with Crippen molar-refractivity contribution in [2.24, 2.45) is 0 Å². The van der Waals surface area contributed by atoms with Crippen molar-refractivity contribution in [2.75, 3.05) is 0 Å². The Morgan fingerprint density at radius 2 is 1.28 bits per heavy atom. The van der Waals surface area contributed by atoms with Gasteiger partial charge >= 0.3 is 0 Å². The van der Waals surface area contributed by atoms with E-state index in [2.05, 4.69) is 24.9 Å². The van der Waals surface area contributed by atoms with Crippen LogP contribution in [0.15, 0.2) is 55.4 Å². The fraction of sp³-hybridized carbons (Fsp3) is 0. The zero-order valence-corrected chi connectivity index (χ0v) is 9.43. The molecule has 5 heteroatoms. The Hall–Kier alpha value is -2.69. The lowest BCUT2D eigenvalue weighted by molar-refractivity contribution is 1.06. The maximum Gasteiger partial charge on any atom is 0.164 e. The van der Waals surface area contributed by atoms with Gasteiger partial charge in [-0.25, -0.2) is 15.0 Å². The minimum absolute atomic E-state index is 0.608. The normalized spacial score (nSPS) is 10.2. The third-order valence-corrected chi connectivity index (χ3v) is 2.41. The molecule has 0 atom stereocenters. The standard InChI is InChI=1S/C13H9N5/c1-3-10(7-14-5-1)12-16-9-17-13(18-12)11-4-2-6-15-8-11/h1-9H. The highest BCUT2D eigenvalue weighted by Crippen LogP contribution is 2.16. The van der Waals surface area contributed by atoms with Gasteiger partial charge in [-0.05, 0) is 24.3 Å². The molecule has 5 nitrogen and oxygen atoms in total. The summed E-state index contributed by atoms with van der Waals surface area (Å²) in [5.74, 6) is 1.22. The third kappa shape index (κ3) is 2.06. The first-order chi connectivity index (χ1) is 8.93. The van der Waals surface area contributed by atoms with Gasteiger partial charge in [-0.1, -0.05) is 0 Å². The summed E-state index contributed by atoms with van der Waals surface area (Å²) in [6.07, 6.45) is 8.38. The highest BCUT2D eigenvalue weighted by molar-refractivity contribution is 5.58. The Balaban J connectivity index is 2.05. The van der Waals surface area contributed by atoms with Crippen molar-refractivity contribution in [3.63, 3.8) is 0 Å². The van der Waals surface area contributed by atoms with Crippen LogP contribution in [0.25, 0.3) is 22.8 Å². The van der Waals surface area contributed by atoms with E-state index in [4.69, 9.17) is 0 Å². The van der Waals surface area contributed by atoms with E-state index in [0.29, 0.717) is 11.6 Å². The Labute approximate surface area is 104 Å². The van der Waals surface area contributed by atoms with Gasteiger partial charge in [0.1, 0.15) is 6.33 Å². The maximum atomic E-state index is 4.41. The van der Waals surface area contributed by atoms with Crippen LogP contribution in [0.5, 0.6) is 0 Å². The van der Waals surface area contributed by atoms with Crippen LogP contribution >= 0.6 is 0 Å². The van der Waals surface area contributed by atoms with Crippen LogP contribution in [0.3, 0.4) is 0 Å². The van der Waals surface area contributed by atoms with Crippen molar-refractivity contribution in [3.8, 4) is 22.8 Å². The molecule has 0 N–H and O–H groups in total. The van der Waals surface area contributed by atoms with Gasteiger partial charge in [0.25, 0.3) is 0 Å². The minimum Gasteiger partial charge on any atom is -0.264 e. The molecule has 0 aromatic carbocycles. The minimum atomic E-state index is 0.608. The Morgan fingerprint density at radius 3 is 1.72 bits per heavy atom. The molecule has 3 rings (SSSR count). The molecule has 86 valence electrons. The molecule has 18 heavy (non-hydrogen) atoms. The quantitative estimate of drug-likeness (QED) is 0.679. The summed E-state index contributed by atoms with van der Waals surface area (Å²) in [6.45, 7) is 0. The van der Waals surface area contributed by atoms with Crippen LogP contribution in [0.1, 0.15) is 0 Å². The van der Waals surface area contributed by atoms with Crippen LogP contribution in [-0.4, -0.2) is 24.9 Å². The maximum absolute atomic E-state index is 4.41. The average molecular weight is 235 g/mol. The molecule has 0 saturated carbocycles. The topological polar surface area (TPSA) is 64.5 Å². The Morgan fingerprint density at radius 1 is 0.722 bits per heavy atom. The van der Waals surface area contributed by atoms with Gasteiger partial charge in [-0.3, -0.25) is 9.97 Å². The molecular weight excluding hydrogens is 226 g/mol. The highest BCUT2D eigenvalue weighted by atomic mass is 15.0. The number of rotatable bonds is 2. The summed E-state index contributed by atoms with van der Waals surface area (Å²) < 4.78 is 0. The van der Waals surface area contributed by atoms with E-state index in [1.807, 2.05) is 24.3 Å². The zero-order valence-electron chi connectivity index (χ0n) is 9.43. The van der Waals surface area contributed by atoms with Crippen molar-refractivity contribution in [2.45, 2.75) is 0 Å². The summed E-state index contributed by atoms with van der Waals surface area (Å²) in [6, 6.07) is 7.52. The van der Waals surface area contributed by atoms with E-state index in [1.54, 1.807) is 24.8 Å². The number of nitrogens with zero attached hydrogens (tertiary/aromatic N) is 5. The summed E-state index contributed by atoms with van der Waals surface area (Å²) in [5.41, 5.74) is 1.73. The molecule has 0 fully saturated rings. The second-order valence-corrected chi connectivity index (χ2v) is 3.62. The first kappa shape index (κ1) is 10.5. The molecule has 0 saturated heterocycles. The molecule has 0 aliphatic heterocycles. The van der Waals surface area contributed by atoms with Crippen molar-refractivity contribution in [1.29, 1.82) is 0 Å². The van der Waals surface area contributed by atoms with Gasteiger partial charge in [0.05, 0.1) is 0 Å². The lowest BCUT2D eigenvalue weighted by Crippen LogP contribution is -1.95. The molecule has 3 heterocycles. The first-order valence-electron chi connectivity index (χ1n) is 5.43. The molecule has 3 aromatic heterocycles. The summed E-state index contributed by atoms with van der Waals surface area (Å²) in [5, 5.41) is 0. The first-order valence-corrected chi connectivity index (χ1v) is 5.43. The lowest BCUT2D eigenvalue weighted by atomic mass is 10.2. The molecule has 3 aromatic rings. The van der Waals surface area contributed by atoms with Crippen LogP contribution in [0.2, 0.25) is 0 Å². The molecule has 0 spiro atoms. The van der Waals surface area contributed by atoms with Gasteiger partial charge < -0.3 is 0 Å². The fourth-order valence-electron chi connectivity index (χ4n) is 1.56. The van der Waals surface area contributed by atoms with Gasteiger partial charge in [-0.15, -0.1) is 0 Å². The fourth-order valence-corrected chi connectivity index (χ4v) is 1.56. The van der Waals surface area contributed by atoms with Crippen molar-refractivity contribution in [1.82, 2.24) is 24.9 Å². The Kier molecular flexibility index (Phi) is 2.71. The molecule has 0 unspecified atom stereocenters. The summed E-state index contributed by atoms with van der Waals surface area (Å²) in [4.78, 5) is 20.8. The zero-order chi connectivity index (χ0) is 12.2. The SMILES string of the molecule is c1cncc(-c2ncnc(-c3cccnc3)n2)c1. The second-order valence-electron chi connectivity index (χ2n) is 3.62. The van der Waals surface area contributed by atoms with Crippen molar-refractivity contribution in [3.05, 3.63) is 55.4 Å². The van der Waals surface area contributed by atoms with Crippen molar-refractivity contribution < 1.29 is 0 Å². The molecule has 0 bridgehead atoms. The molecular formula is C13H9N5. The highest BCUT2D eigenvalue weighted by Gasteiger charge is 2.05. The monoisotopic (exact) mass is 235 g/mol. The predicted octanol–water partition coefficient (Wildman–Crippen LogP) is 2.00. The largest absolute Gasteiger partial charge is 0.264 e. The molecule has 0 amide bonds. The van der Waals surface area contributed by atoms with Crippen LogP contribution < -0.4 is 0 Å². The third-order valence-electron chi connectivity index (χ3n) is 2.41. The Bertz CT molecular complexity index is 585. The van der Waals surface area contributed by atoms with Crippen LogP contribution in [0, 0.1) is 0 Å². The van der Waals surface area contributed by atoms with Gasteiger partial charge in [-0.2, -0.15) is 0 Å². The molecule has 0 aliphatic carbocycles. The molecule has 0 aliphatic rings. The number of pyridine rings is 2. The van der Waals surface area contributed by atoms with Crippen LogP contribution in [-0.2, 0) is 0 Å². The summed E-state index contributed by atoms with van der Waals surface area (Å²) >= 11 is 0. The van der Waals surface area contributed by atoms with E-state index in [0.717, 1.165) is 11.1 Å². The second kappa shape index (κ2) is 4.67. The van der Waals surface area contributed by atoms with E-state index in [9.17, 15) is 0 Å².